The van der Waals surface area contributed by atoms with Crippen LogP contribution in [0.1, 0.15) is 11.1 Å². The Morgan fingerprint density at radius 1 is 1.21 bits per heavy atom. The summed E-state index contributed by atoms with van der Waals surface area (Å²) in [7, 11) is 0. The molecule has 0 radical (unpaired) electrons. The highest BCUT2D eigenvalue weighted by Crippen LogP contribution is 2.15. The number of halogens is 2. The molecular formula is C14H15BrClN3. The van der Waals surface area contributed by atoms with Crippen LogP contribution in [-0.2, 0) is 12.8 Å². The minimum atomic E-state index is 0.148. The number of rotatable bonds is 5. The molecule has 100 valence electrons. The molecule has 0 aliphatic heterocycles. The van der Waals surface area contributed by atoms with Gasteiger partial charge < -0.3 is 0 Å². The minimum absolute atomic E-state index is 0.148. The molecule has 0 fully saturated rings. The summed E-state index contributed by atoms with van der Waals surface area (Å²) in [6.45, 7) is 0. The zero-order valence-corrected chi connectivity index (χ0v) is 12.7. The highest BCUT2D eigenvalue weighted by atomic mass is 79.9. The van der Waals surface area contributed by atoms with Gasteiger partial charge in [-0.05, 0) is 58.1 Å². The molecule has 3 nitrogen and oxygen atoms in total. The summed E-state index contributed by atoms with van der Waals surface area (Å²) in [5.74, 6) is 5.63. The van der Waals surface area contributed by atoms with E-state index in [1.165, 1.54) is 5.56 Å². The smallest absolute Gasteiger partial charge is 0.0410 e. The molecule has 0 spiro atoms. The summed E-state index contributed by atoms with van der Waals surface area (Å²) >= 11 is 9.40. The normalized spacial score (nSPS) is 12.4. The summed E-state index contributed by atoms with van der Waals surface area (Å²) in [5.41, 5.74) is 5.16. The van der Waals surface area contributed by atoms with Crippen LogP contribution < -0.4 is 11.3 Å². The molecule has 1 unspecified atom stereocenters. The first-order valence-electron chi connectivity index (χ1n) is 5.97. The third-order valence-corrected chi connectivity index (χ3v) is 3.52. The summed E-state index contributed by atoms with van der Waals surface area (Å²) in [4.78, 5) is 4.16. The number of hydrazine groups is 1. The predicted octanol–water partition coefficient (Wildman–Crippen LogP) is 3.11. The number of pyridine rings is 1. The molecule has 1 heterocycles. The van der Waals surface area contributed by atoms with Crippen molar-refractivity contribution in [3.8, 4) is 0 Å². The van der Waals surface area contributed by atoms with E-state index in [9.17, 15) is 0 Å². The third kappa shape index (κ3) is 4.58. The van der Waals surface area contributed by atoms with Crippen molar-refractivity contribution in [3.05, 3.63) is 63.3 Å². The average molecular weight is 341 g/mol. The highest BCUT2D eigenvalue weighted by molar-refractivity contribution is 9.10. The van der Waals surface area contributed by atoms with E-state index in [4.69, 9.17) is 17.4 Å². The molecule has 19 heavy (non-hydrogen) atoms. The van der Waals surface area contributed by atoms with Crippen LogP contribution in [0.5, 0.6) is 0 Å². The fraction of sp³-hybridized carbons (Fsp3) is 0.214. The molecule has 1 aromatic carbocycles. The van der Waals surface area contributed by atoms with Gasteiger partial charge in [-0.1, -0.05) is 23.7 Å². The van der Waals surface area contributed by atoms with Crippen LogP contribution in [0, 0.1) is 0 Å². The van der Waals surface area contributed by atoms with Crippen molar-refractivity contribution in [2.75, 3.05) is 0 Å². The molecule has 2 aromatic rings. The summed E-state index contributed by atoms with van der Waals surface area (Å²) in [5, 5.41) is 0.748. The minimum Gasteiger partial charge on any atom is -0.271 e. The van der Waals surface area contributed by atoms with Gasteiger partial charge in [-0.15, -0.1) is 0 Å². The van der Waals surface area contributed by atoms with E-state index in [2.05, 4.69) is 38.5 Å². The van der Waals surface area contributed by atoms with Crippen molar-refractivity contribution in [3.63, 3.8) is 0 Å². The Morgan fingerprint density at radius 3 is 2.68 bits per heavy atom. The number of nitrogens with zero attached hydrogens (tertiary/aromatic N) is 1. The third-order valence-electron chi connectivity index (χ3n) is 2.85. The van der Waals surface area contributed by atoms with Gasteiger partial charge in [0.15, 0.2) is 0 Å². The van der Waals surface area contributed by atoms with Crippen molar-refractivity contribution in [2.24, 2.45) is 5.84 Å². The van der Waals surface area contributed by atoms with Crippen molar-refractivity contribution in [1.82, 2.24) is 10.4 Å². The van der Waals surface area contributed by atoms with E-state index in [0.29, 0.717) is 0 Å². The maximum Gasteiger partial charge on any atom is 0.0410 e. The lowest BCUT2D eigenvalue weighted by atomic mass is 10.0. The molecule has 2 rings (SSSR count). The Morgan fingerprint density at radius 2 is 2.00 bits per heavy atom. The molecular weight excluding hydrogens is 326 g/mol. The van der Waals surface area contributed by atoms with Crippen LogP contribution in [0.4, 0.5) is 0 Å². The van der Waals surface area contributed by atoms with E-state index >= 15 is 0 Å². The number of aromatic nitrogens is 1. The van der Waals surface area contributed by atoms with Crippen molar-refractivity contribution >= 4 is 27.5 Å². The zero-order valence-electron chi connectivity index (χ0n) is 10.3. The molecule has 1 atom stereocenters. The Hall–Kier alpha value is -0.940. The second kappa shape index (κ2) is 7.01. The first-order chi connectivity index (χ1) is 9.17. The van der Waals surface area contributed by atoms with Crippen LogP contribution in [0.15, 0.2) is 47.2 Å². The first kappa shape index (κ1) is 14.5. The van der Waals surface area contributed by atoms with Gasteiger partial charge in [0, 0.05) is 27.9 Å². The molecule has 1 aromatic heterocycles. The topological polar surface area (TPSA) is 50.9 Å². The van der Waals surface area contributed by atoms with E-state index in [-0.39, 0.29) is 6.04 Å². The SMILES string of the molecule is NNC(Cc1cccc(Cl)c1)Cc1cncc(Br)c1. The van der Waals surface area contributed by atoms with Gasteiger partial charge in [-0.2, -0.15) is 0 Å². The summed E-state index contributed by atoms with van der Waals surface area (Å²) in [6.07, 6.45) is 5.26. The lowest BCUT2D eigenvalue weighted by Crippen LogP contribution is -2.38. The van der Waals surface area contributed by atoms with Crippen LogP contribution in [-0.4, -0.2) is 11.0 Å². The lowest BCUT2D eigenvalue weighted by Gasteiger charge is -2.16. The first-order valence-corrected chi connectivity index (χ1v) is 7.14. The van der Waals surface area contributed by atoms with Crippen molar-refractivity contribution < 1.29 is 0 Å². The van der Waals surface area contributed by atoms with Gasteiger partial charge in [0.05, 0.1) is 0 Å². The summed E-state index contributed by atoms with van der Waals surface area (Å²) in [6, 6.07) is 10.0. The number of benzene rings is 1. The number of hydrogen-bond acceptors (Lipinski definition) is 3. The maximum atomic E-state index is 5.98. The molecule has 0 saturated carbocycles. The average Bonchev–Trinajstić information content (AvgIpc) is 2.38. The lowest BCUT2D eigenvalue weighted by molar-refractivity contribution is 0.522. The van der Waals surface area contributed by atoms with Gasteiger partial charge in [0.25, 0.3) is 0 Å². The standard InChI is InChI=1S/C14H15BrClN3/c15-12-4-11(8-18-9-12)7-14(19-17)6-10-2-1-3-13(16)5-10/h1-5,8-9,14,19H,6-7,17H2. The quantitative estimate of drug-likeness (QED) is 0.649. The van der Waals surface area contributed by atoms with Gasteiger partial charge in [-0.3, -0.25) is 16.3 Å². The van der Waals surface area contributed by atoms with Crippen LogP contribution in [0.2, 0.25) is 5.02 Å². The largest absolute Gasteiger partial charge is 0.271 e. The molecule has 0 saturated heterocycles. The Balaban J connectivity index is 2.04. The second-order valence-corrected chi connectivity index (χ2v) is 5.77. The van der Waals surface area contributed by atoms with Crippen LogP contribution in [0.3, 0.4) is 0 Å². The Kier molecular flexibility index (Phi) is 5.34. The van der Waals surface area contributed by atoms with E-state index < -0.39 is 0 Å². The van der Waals surface area contributed by atoms with E-state index in [1.54, 1.807) is 6.20 Å². The molecule has 0 amide bonds. The number of nitrogens with one attached hydrogen (secondary N) is 1. The molecule has 3 N–H and O–H groups in total. The van der Waals surface area contributed by atoms with E-state index in [0.717, 1.165) is 27.9 Å². The van der Waals surface area contributed by atoms with Gasteiger partial charge >= 0.3 is 0 Å². The fourth-order valence-electron chi connectivity index (χ4n) is 1.99. The molecule has 0 bridgehead atoms. The number of nitrogens with two attached hydrogens (primary N) is 1. The van der Waals surface area contributed by atoms with Crippen molar-refractivity contribution in [2.45, 2.75) is 18.9 Å². The van der Waals surface area contributed by atoms with Gasteiger partial charge in [-0.25, -0.2) is 0 Å². The van der Waals surface area contributed by atoms with E-state index in [1.807, 2.05) is 24.4 Å². The maximum absolute atomic E-state index is 5.98. The van der Waals surface area contributed by atoms with Crippen LogP contribution in [0.25, 0.3) is 0 Å². The predicted molar refractivity (Wildman–Crippen MR) is 81.9 cm³/mol. The van der Waals surface area contributed by atoms with Crippen LogP contribution >= 0.6 is 27.5 Å². The molecule has 0 aliphatic rings. The molecule has 5 heteroatoms. The number of hydrogen-bond donors (Lipinski definition) is 2. The Labute approximate surface area is 126 Å². The molecule has 0 aliphatic carbocycles. The fourth-order valence-corrected chi connectivity index (χ4v) is 2.62. The Bertz CT molecular complexity index is 500. The monoisotopic (exact) mass is 339 g/mol. The van der Waals surface area contributed by atoms with Gasteiger partial charge in [0.2, 0.25) is 0 Å². The van der Waals surface area contributed by atoms with Gasteiger partial charge in [0.1, 0.15) is 0 Å². The van der Waals surface area contributed by atoms with Crippen molar-refractivity contribution in [1.29, 1.82) is 0 Å². The second-order valence-electron chi connectivity index (χ2n) is 4.41. The summed E-state index contributed by atoms with van der Waals surface area (Å²) < 4.78 is 0.975. The zero-order chi connectivity index (χ0) is 13.7. The highest BCUT2D eigenvalue weighted by Gasteiger charge is 2.09.